The van der Waals surface area contributed by atoms with Crippen molar-refractivity contribution < 1.29 is 14.0 Å². The minimum atomic E-state index is -1.05. The number of fused-ring (bicyclic) bond motifs is 5. The van der Waals surface area contributed by atoms with Gasteiger partial charge in [0.05, 0.1) is 5.88 Å². The quantitative estimate of drug-likeness (QED) is 0.667. The molecule has 0 aromatic rings. The summed E-state index contributed by atoms with van der Waals surface area (Å²) in [6.07, 6.45) is 8.41. The molecular weight excluding hydrogens is 339 g/mol. The van der Waals surface area contributed by atoms with Gasteiger partial charge >= 0.3 is 0 Å². The van der Waals surface area contributed by atoms with Crippen molar-refractivity contribution in [3.8, 4) is 0 Å². The fraction of sp³-hybridized carbons (Fsp3) is 0.714. The van der Waals surface area contributed by atoms with E-state index in [2.05, 4.69) is 13.8 Å². The summed E-state index contributed by atoms with van der Waals surface area (Å²) in [6, 6.07) is 0. The van der Waals surface area contributed by atoms with Crippen LogP contribution < -0.4 is 0 Å². The molecule has 7 atom stereocenters. The maximum Gasteiger partial charge on any atom is 0.178 e. The third kappa shape index (κ3) is 2.34. The van der Waals surface area contributed by atoms with Crippen molar-refractivity contribution in [2.45, 2.75) is 52.1 Å². The summed E-state index contributed by atoms with van der Waals surface area (Å²) in [5.74, 6) is 1.20. The number of hydrogen-bond acceptors (Lipinski definition) is 2. The predicted molar refractivity (Wildman–Crippen MR) is 96.1 cm³/mol. The molecule has 0 saturated heterocycles. The van der Waals surface area contributed by atoms with Crippen molar-refractivity contribution in [2.24, 2.45) is 34.5 Å². The van der Waals surface area contributed by atoms with E-state index in [9.17, 15) is 9.59 Å². The van der Waals surface area contributed by atoms with E-state index in [0.29, 0.717) is 23.8 Å². The van der Waals surface area contributed by atoms with E-state index >= 15 is 4.39 Å². The molecule has 4 heteroatoms. The molecule has 0 aromatic heterocycles. The minimum Gasteiger partial charge on any atom is -0.298 e. The lowest BCUT2D eigenvalue weighted by Gasteiger charge is -2.57. The number of Topliss-reactive ketones (excluding diaryl/α,β-unsaturated/α-hetero) is 1. The van der Waals surface area contributed by atoms with Gasteiger partial charge in [-0.25, -0.2) is 4.39 Å². The first-order valence-corrected chi connectivity index (χ1v) is 10.0. The van der Waals surface area contributed by atoms with Gasteiger partial charge in [-0.15, -0.1) is 11.6 Å². The second-order valence-electron chi connectivity index (χ2n) is 8.97. The first kappa shape index (κ1) is 17.5. The van der Waals surface area contributed by atoms with Gasteiger partial charge in [0.15, 0.2) is 11.6 Å². The van der Waals surface area contributed by atoms with Gasteiger partial charge in [-0.05, 0) is 73.0 Å². The molecule has 4 aliphatic carbocycles. The summed E-state index contributed by atoms with van der Waals surface area (Å²) in [5, 5.41) is 0. The van der Waals surface area contributed by atoms with Gasteiger partial charge in [-0.3, -0.25) is 9.59 Å². The molecule has 0 heterocycles. The zero-order chi connectivity index (χ0) is 18.0. The van der Waals surface area contributed by atoms with Crippen molar-refractivity contribution in [3.05, 3.63) is 23.8 Å². The topological polar surface area (TPSA) is 34.1 Å². The molecule has 0 aromatic carbocycles. The SMILES string of the molecule is C[C@]12CC[C@H]3[C@@H](C[C@H](F)C4=CC(=O)C=C[C@@]43C)[C@@H]1CC[C@@H]2C(=O)CCl. The van der Waals surface area contributed by atoms with E-state index in [0.717, 1.165) is 25.7 Å². The third-order valence-corrected chi connectivity index (χ3v) is 8.32. The van der Waals surface area contributed by atoms with Crippen LogP contribution in [0.25, 0.3) is 0 Å². The highest BCUT2D eigenvalue weighted by Gasteiger charge is 2.61. The molecule has 136 valence electrons. The van der Waals surface area contributed by atoms with Crippen LogP contribution in [0.5, 0.6) is 0 Å². The highest BCUT2D eigenvalue weighted by Crippen LogP contribution is 2.66. The van der Waals surface area contributed by atoms with E-state index in [1.165, 1.54) is 6.08 Å². The van der Waals surface area contributed by atoms with Crippen LogP contribution in [0.1, 0.15) is 46.0 Å². The molecule has 0 N–H and O–H groups in total. The fourth-order valence-corrected chi connectivity index (χ4v) is 7.01. The van der Waals surface area contributed by atoms with Crippen LogP contribution in [0.3, 0.4) is 0 Å². The maximum absolute atomic E-state index is 15.1. The van der Waals surface area contributed by atoms with E-state index in [-0.39, 0.29) is 40.1 Å². The van der Waals surface area contributed by atoms with E-state index < -0.39 is 6.17 Å². The molecule has 0 radical (unpaired) electrons. The molecule has 0 bridgehead atoms. The smallest absolute Gasteiger partial charge is 0.178 e. The Labute approximate surface area is 153 Å². The van der Waals surface area contributed by atoms with Gasteiger partial charge in [-0.1, -0.05) is 19.9 Å². The van der Waals surface area contributed by atoms with Gasteiger partial charge in [0.25, 0.3) is 0 Å². The van der Waals surface area contributed by atoms with E-state index in [1.54, 1.807) is 6.08 Å². The van der Waals surface area contributed by atoms with Crippen molar-refractivity contribution in [3.63, 3.8) is 0 Å². The average molecular weight is 365 g/mol. The summed E-state index contributed by atoms with van der Waals surface area (Å²) >= 11 is 5.85. The Kier molecular flexibility index (Phi) is 4.03. The monoisotopic (exact) mass is 364 g/mol. The van der Waals surface area contributed by atoms with Crippen LogP contribution in [-0.4, -0.2) is 23.6 Å². The Morgan fingerprint density at radius 1 is 1.28 bits per heavy atom. The van der Waals surface area contributed by atoms with Crippen LogP contribution >= 0.6 is 11.6 Å². The fourth-order valence-electron chi connectivity index (χ4n) is 6.82. The molecule has 0 unspecified atom stereocenters. The van der Waals surface area contributed by atoms with Crippen LogP contribution in [-0.2, 0) is 9.59 Å². The van der Waals surface area contributed by atoms with Gasteiger partial charge < -0.3 is 0 Å². The molecular formula is C21H26ClFO2. The number of carbonyl (C=O) groups is 2. The normalized spacial score (nSPS) is 48.4. The van der Waals surface area contributed by atoms with E-state index in [1.807, 2.05) is 6.08 Å². The van der Waals surface area contributed by atoms with Crippen molar-refractivity contribution in [1.82, 2.24) is 0 Å². The second-order valence-corrected chi connectivity index (χ2v) is 9.24. The lowest BCUT2D eigenvalue weighted by atomic mass is 9.47. The number of ketones is 2. The van der Waals surface area contributed by atoms with E-state index in [4.69, 9.17) is 11.6 Å². The Bertz CT molecular complexity index is 683. The lowest BCUT2D eigenvalue weighted by Crippen LogP contribution is -2.52. The standard InChI is InChI=1S/C21H26ClFO2/c1-20-8-6-15-13(14(20)3-4-16(20)19(25)11-22)10-18(23)17-9-12(24)5-7-21(15,17)2/h5,7,9,13-16,18H,3-4,6,8,10-11H2,1-2H3/t13-,14-,15-,16+,18-,20-,21+/m0/s1. The number of rotatable bonds is 2. The van der Waals surface area contributed by atoms with Crippen molar-refractivity contribution in [2.75, 3.05) is 5.88 Å². The molecule has 3 fully saturated rings. The maximum atomic E-state index is 15.1. The zero-order valence-corrected chi connectivity index (χ0v) is 15.7. The number of allylic oxidation sites excluding steroid dienone is 4. The summed E-state index contributed by atoms with van der Waals surface area (Å²) in [6.45, 7) is 4.33. The van der Waals surface area contributed by atoms with Crippen LogP contribution in [0.2, 0.25) is 0 Å². The molecule has 4 aliphatic rings. The highest BCUT2D eigenvalue weighted by atomic mass is 35.5. The average Bonchev–Trinajstić information content (AvgIpc) is 2.93. The second kappa shape index (κ2) is 5.77. The van der Waals surface area contributed by atoms with Gasteiger partial charge in [0.2, 0.25) is 0 Å². The molecule has 2 nitrogen and oxygen atoms in total. The number of alkyl halides is 2. The summed E-state index contributed by atoms with van der Waals surface area (Å²) < 4.78 is 15.1. The van der Waals surface area contributed by atoms with Gasteiger partial charge in [-0.2, -0.15) is 0 Å². The first-order chi connectivity index (χ1) is 11.8. The molecule has 4 rings (SSSR count). The zero-order valence-electron chi connectivity index (χ0n) is 14.9. The number of hydrogen-bond donors (Lipinski definition) is 0. The minimum absolute atomic E-state index is 0.0298. The largest absolute Gasteiger partial charge is 0.298 e. The molecule has 3 saturated carbocycles. The van der Waals surface area contributed by atoms with Gasteiger partial charge in [0.1, 0.15) is 6.17 Å². The Balaban J connectivity index is 1.70. The summed E-state index contributed by atoms with van der Waals surface area (Å²) in [7, 11) is 0. The first-order valence-electron chi connectivity index (χ1n) is 9.49. The number of carbonyl (C=O) groups excluding carboxylic acids is 2. The number of halogens is 2. The van der Waals surface area contributed by atoms with Gasteiger partial charge in [0, 0.05) is 11.3 Å². The van der Waals surface area contributed by atoms with Crippen LogP contribution in [0, 0.1) is 34.5 Å². The predicted octanol–water partition coefficient (Wildman–Crippen LogP) is 4.67. The summed E-state index contributed by atoms with van der Waals surface area (Å²) in [4.78, 5) is 24.1. The van der Waals surface area contributed by atoms with Crippen LogP contribution in [0.4, 0.5) is 4.39 Å². The Hall–Kier alpha value is -0.960. The third-order valence-electron chi connectivity index (χ3n) is 8.06. The Morgan fingerprint density at radius 2 is 2.04 bits per heavy atom. The molecule has 0 spiro atoms. The van der Waals surface area contributed by atoms with Crippen LogP contribution in [0.15, 0.2) is 23.8 Å². The highest BCUT2D eigenvalue weighted by molar-refractivity contribution is 6.28. The van der Waals surface area contributed by atoms with Crippen molar-refractivity contribution in [1.29, 1.82) is 0 Å². The molecule has 0 aliphatic heterocycles. The summed E-state index contributed by atoms with van der Waals surface area (Å²) in [5.41, 5.74) is 0.279. The Morgan fingerprint density at radius 3 is 2.76 bits per heavy atom. The van der Waals surface area contributed by atoms with Crippen molar-refractivity contribution >= 4 is 23.2 Å². The molecule has 0 amide bonds. The lowest BCUT2D eigenvalue weighted by molar-refractivity contribution is -0.127. The molecule has 25 heavy (non-hydrogen) atoms.